The summed E-state index contributed by atoms with van der Waals surface area (Å²) >= 11 is 0. The number of benzene rings is 2. The van der Waals surface area contributed by atoms with Crippen molar-refractivity contribution in [2.24, 2.45) is 0 Å². The molecule has 0 aliphatic heterocycles. The third kappa shape index (κ3) is 2.23. The second-order valence-corrected chi connectivity index (χ2v) is 3.86. The number of para-hydroxylation sites is 1. The molecule has 0 aliphatic carbocycles. The summed E-state index contributed by atoms with van der Waals surface area (Å²) in [6, 6.07) is 13.9. The van der Waals surface area contributed by atoms with Gasteiger partial charge in [0.15, 0.2) is 0 Å². The lowest BCUT2D eigenvalue weighted by Crippen LogP contribution is -1.92. The van der Waals surface area contributed by atoms with Gasteiger partial charge in [0.25, 0.3) is 0 Å². The third-order valence-corrected chi connectivity index (χ3v) is 2.86. The lowest BCUT2D eigenvalue weighted by atomic mass is 10.0. The van der Waals surface area contributed by atoms with Crippen LogP contribution in [0.15, 0.2) is 49.0 Å². The lowest BCUT2D eigenvalue weighted by molar-refractivity contribution is 0.410. The summed E-state index contributed by atoms with van der Waals surface area (Å²) in [7, 11) is 3.34. The van der Waals surface area contributed by atoms with E-state index in [4.69, 9.17) is 9.47 Å². The van der Waals surface area contributed by atoms with E-state index >= 15 is 0 Å². The summed E-state index contributed by atoms with van der Waals surface area (Å²) in [5.74, 6) is 1.65. The molecular weight excluding hydrogens is 224 g/mol. The molecule has 0 atom stereocenters. The number of methoxy groups -OCH3 is 2. The van der Waals surface area contributed by atoms with E-state index in [1.54, 1.807) is 14.2 Å². The maximum absolute atomic E-state index is 5.41. The van der Waals surface area contributed by atoms with Crippen molar-refractivity contribution in [2.45, 2.75) is 0 Å². The Morgan fingerprint density at radius 2 is 1.56 bits per heavy atom. The fourth-order valence-corrected chi connectivity index (χ4v) is 1.93. The molecule has 0 amide bonds. The minimum Gasteiger partial charge on any atom is -0.496 e. The number of hydrogen-bond acceptors (Lipinski definition) is 2. The first-order valence-electron chi connectivity index (χ1n) is 5.74. The van der Waals surface area contributed by atoms with E-state index < -0.39 is 0 Å². The fourth-order valence-electron chi connectivity index (χ4n) is 1.93. The highest BCUT2D eigenvalue weighted by Crippen LogP contribution is 2.36. The summed E-state index contributed by atoms with van der Waals surface area (Å²) in [6.45, 7) is 3.79. The van der Waals surface area contributed by atoms with E-state index in [9.17, 15) is 0 Å². The Morgan fingerprint density at radius 1 is 0.889 bits per heavy atom. The van der Waals surface area contributed by atoms with Crippen molar-refractivity contribution in [3.63, 3.8) is 0 Å². The largest absolute Gasteiger partial charge is 0.496 e. The molecule has 92 valence electrons. The first kappa shape index (κ1) is 12.2. The van der Waals surface area contributed by atoms with Gasteiger partial charge < -0.3 is 9.47 Å². The molecule has 2 nitrogen and oxygen atoms in total. The molecule has 0 fully saturated rings. The van der Waals surface area contributed by atoms with Crippen LogP contribution in [0, 0.1) is 0 Å². The first-order chi connectivity index (χ1) is 8.80. The summed E-state index contributed by atoms with van der Waals surface area (Å²) in [5.41, 5.74) is 3.07. The molecular formula is C16H16O2. The highest BCUT2D eigenvalue weighted by molar-refractivity contribution is 5.77. The highest BCUT2D eigenvalue weighted by atomic mass is 16.5. The van der Waals surface area contributed by atoms with E-state index in [2.05, 4.69) is 6.58 Å². The van der Waals surface area contributed by atoms with Gasteiger partial charge in [-0.2, -0.15) is 0 Å². The smallest absolute Gasteiger partial charge is 0.126 e. The average Bonchev–Trinajstić information content (AvgIpc) is 2.46. The third-order valence-electron chi connectivity index (χ3n) is 2.86. The average molecular weight is 240 g/mol. The number of rotatable bonds is 4. The Hall–Kier alpha value is -2.22. The molecule has 0 bridgehead atoms. The molecule has 0 spiro atoms. The Labute approximate surface area is 107 Å². The fraction of sp³-hybridized carbons (Fsp3) is 0.125. The van der Waals surface area contributed by atoms with Crippen LogP contribution < -0.4 is 9.47 Å². The second kappa shape index (κ2) is 5.41. The Balaban J connectivity index is 2.64. The van der Waals surface area contributed by atoms with Crippen molar-refractivity contribution in [1.82, 2.24) is 0 Å². The predicted octanol–water partition coefficient (Wildman–Crippen LogP) is 4.01. The zero-order chi connectivity index (χ0) is 13.0. The van der Waals surface area contributed by atoms with Crippen molar-refractivity contribution in [3.05, 3.63) is 54.6 Å². The van der Waals surface area contributed by atoms with Crippen LogP contribution in [0.1, 0.15) is 5.56 Å². The van der Waals surface area contributed by atoms with Crippen LogP contribution in [0.4, 0.5) is 0 Å². The molecule has 2 aromatic rings. The van der Waals surface area contributed by atoms with Gasteiger partial charge in [-0.3, -0.25) is 0 Å². The van der Waals surface area contributed by atoms with Gasteiger partial charge in [0.05, 0.1) is 14.2 Å². The normalized spacial score (nSPS) is 9.89. The zero-order valence-corrected chi connectivity index (χ0v) is 10.6. The lowest BCUT2D eigenvalue weighted by Gasteiger charge is -2.13. The van der Waals surface area contributed by atoms with Crippen molar-refractivity contribution in [1.29, 1.82) is 0 Å². The van der Waals surface area contributed by atoms with Gasteiger partial charge in [-0.1, -0.05) is 36.9 Å². The molecule has 0 N–H and O–H groups in total. The first-order valence-corrected chi connectivity index (χ1v) is 5.74. The molecule has 0 unspecified atom stereocenters. The summed E-state index contributed by atoms with van der Waals surface area (Å²) < 4.78 is 10.8. The van der Waals surface area contributed by atoms with Gasteiger partial charge in [0, 0.05) is 11.1 Å². The van der Waals surface area contributed by atoms with E-state index in [0.717, 1.165) is 28.2 Å². The van der Waals surface area contributed by atoms with Crippen LogP contribution in [0.3, 0.4) is 0 Å². The van der Waals surface area contributed by atoms with Crippen LogP contribution in [0.2, 0.25) is 0 Å². The Kier molecular flexibility index (Phi) is 3.68. The van der Waals surface area contributed by atoms with Gasteiger partial charge >= 0.3 is 0 Å². The van der Waals surface area contributed by atoms with E-state index in [1.807, 2.05) is 48.5 Å². The molecule has 0 aliphatic rings. The standard InChI is InChI=1S/C16H16O2/c1-4-12-9-10-16(18-3)14(11-12)13-7-5-6-8-15(13)17-2/h4-11H,1H2,2-3H3. The summed E-state index contributed by atoms with van der Waals surface area (Å²) in [4.78, 5) is 0. The van der Waals surface area contributed by atoms with Gasteiger partial charge in [0.2, 0.25) is 0 Å². The van der Waals surface area contributed by atoms with Crippen molar-refractivity contribution >= 4 is 6.08 Å². The quantitative estimate of drug-likeness (QED) is 0.803. The Morgan fingerprint density at radius 3 is 2.22 bits per heavy atom. The molecule has 0 saturated heterocycles. The van der Waals surface area contributed by atoms with Gasteiger partial charge in [-0.15, -0.1) is 0 Å². The Bertz CT molecular complexity index is 559. The second-order valence-electron chi connectivity index (χ2n) is 3.86. The molecule has 2 heteroatoms. The van der Waals surface area contributed by atoms with Gasteiger partial charge in [-0.05, 0) is 23.8 Å². The molecule has 0 heterocycles. The SMILES string of the molecule is C=Cc1ccc(OC)c(-c2ccccc2OC)c1. The van der Waals surface area contributed by atoms with E-state index in [1.165, 1.54) is 0 Å². The molecule has 2 aromatic carbocycles. The maximum Gasteiger partial charge on any atom is 0.126 e. The highest BCUT2D eigenvalue weighted by Gasteiger charge is 2.10. The molecule has 0 aromatic heterocycles. The van der Waals surface area contributed by atoms with Crippen LogP contribution in [-0.2, 0) is 0 Å². The monoisotopic (exact) mass is 240 g/mol. The number of hydrogen-bond donors (Lipinski definition) is 0. The minimum absolute atomic E-state index is 0.824. The van der Waals surface area contributed by atoms with Crippen molar-refractivity contribution in [2.75, 3.05) is 14.2 Å². The van der Waals surface area contributed by atoms with E-state index in [-0.39, 0.29) is 0 Å². The topological polar surface area (TPSA) is 18.5 Å². The van der Waals surface area contributed by atoms with Crippen LogP contribution in [-0.4, -0.2) is 14.2 Å². The van der Waals surface area contributed by atoms with Crippen molar-refractivity contribution < 1.29 is 9.47 Å². The zero-order valence-electron chi connectivity index (χ0n) is 10.6. The number of ether oxygens (including phenoxy) is 2. The molecule has 0 saturated carbocycles. The minimum atomic E-state index is 0.824. The maximum atomic E-state index is 5.41. The van der Waals surface area contributed by atoms with Crippen LogP contribution in [0.5, 0.6) is 11.5 Å². The van der Waals surface area contributed by atoms with Gasteiger partial charge in [0.1, 0.15) is 11.5 Å². The van der Waals surface area contributed by atoms with Crippen LogP contribution in [0.25, 0.3) is 17.2 Å². The summed E-state index contributed by atoms with van der Waals surface area (Å²) in [5, 5.41) is 0. The molecule has 2 rings (SSSR count). The molecule has 0 radical (unpaired) electrons. The van der Waals surface area contributed by atoms with Gasteiger partial charge in [-0.25, -0.2) is 0 Å². The molecule has 18 heavy (non-hydrogen) atoms. The van der Waals surface area contributed by atoms with Crippen LogP contribution >= 0.6 is 0 Å². The predicted molar refractivity (Wildman–Crippen MR) is 75.1 cm³/mol. The van der Waals surface area contributed by atoms with Crippen molar-refractivity contribution in [3.8, 4) is 22.6 Å². The van der Waals surface area contributed by atoms with E-state index in [0.29, 0.717) is 0 Å². The summed E-state index contributed by atoms with van der Waals surface area (Å²) in [6.07, 6.45) is 1.82.